The zero-order valence-corrected chi connectivity index (χ0v) is 14.9. The Kier molecular flexibility index (Phi) is 4.18. The van der Waals surface area contributed by atoms with Crippen LogP contribution in [0.1, 0.15) is 16.8 Å². The average Bonchev–Trinajstić information content (AvgIpc) is 3.12. The van der Waals surface area contributed by atoms with Crippen LogP contribution in [0, 0.1) is 0 Å². The molecular formula is C19H13Cl2N3O2. The van der Waals surface area contributed by atoms with Crippen molar-refractivity contribution in [2.75, 3.05) is 0 Å². The van der Waals surface area contributed by atoms with Gasteiger partial charge in [-0.2, -0.15) is 0 Å². The summed E-state index contributed by atoms with van der Waals surface area (Å²) in [7, 11) is 0. The van der Waals surface area contributed by atoms with Gasteiger partial charge in [0.1, 0.15) is 5.69 Å². The van der Waals surface area contributed by atoms with Crippen LogP contribution in [0.3, 0.4) is 0 Å². The van der Waals surface area contributed by atoms with E-state index in [0.29, 0.717) is 15.7 Å². The van der Waals surface area contributed by atoms with Gasteiger partial charge in [-0.15, -0.1) is 0 Å². The van der Waals surface area contributed by atoms with E-state index in [1.54, 1.807) is 36.6 Å². The SMILES string of the molecule is O=c1[nH]c(/C=C2\C=Nc3cc(Cl)ccc32)c(O)n1Cc1ccc(Cl)cc1. The van der Waals surface area contributed by atoms with E-state index < -0.39 is 5.69 Å². The Balaban J connectivity index is 1.69. The van der Waals surface area contributed by atoms with Gasteiger partial charge in [-0.1, -0.05) is 41.4 Å². The van der Waals surface area contributed by atoms with Gasteiger partial charge in [-0.05, 0) is 35.9 Å². The number of imidazole rings is 1. The molecule has 0 spiro atoms. The Morgan fingerprint density at radius 3 is 2.62 bits per heavy atom. The maximum Gasteiger partial charge on any atom is 0.329 e. The van der Waals surface area contributed by atoms with Crippen molar-refractivity contribution in [2.24, 2.45) is 4.99 Å². The molecule has 2 aromatic carbocycles. The monoisotopic (exact) mass is 385 g/mol. The van der Waals surface area contributed by atoms with Crippen molar-refractivity contribution in [1.82, 2.24) is 9.55 Å². The van der Waals surface area contributed by atoms with Crippen molar-refractivity contribution >= 4 is 46.8 Å². The van der Waals surface area contributed by atoms with Gasteiger partial charge in [-0.3, -0.25) is 9.56 Å². The Morgan fingerprint density at radius 2 is 1.85 bits per heavy atom. The molecule has 2 heterocycles. The molecule has 1 aliphatic rings. The normalized spacial score (nSPS) is 14.2. The van der Waals surface area contributed by atoms with Crippen molar-refractivity contribution in [3.63, 3.8) is 0 Å². The van der Waals surface area contributed by atoms with Gasteiger partial charge in [0.2, 0.25) is 5.88 Å². The predicted octanol–water partition coefficient (Wildman–Crippen LogP) is 4.49. The number of aromatic amines is 1. The van der Waals surface area contributed by atoms with Gasteiger partial charge in [0.05, 0.1) is 12.2 Å². The number of nitrogens with one attached hydrogen (secondary N) is 1. The molecule has 26 heavy (non-hydrogen) atoms. The Morgan fingerprint density at radius 1 is 1.12 bits per heavy atom. The van der Waals surface area contributed by atoms with E-state index in [4.69, 9.17) is 23.2 Å². The first-order valence-electron chi connectivity index (χ1n) is 7.83. The summed E-state index contributed by atoms with van der Waals surface area (Å²) in [5.41, 5.74) is 3.22. The first-order chi connectivity index (χ1) is 12.5. The summed E-state index contributed by atoms with van der Waals surface area (Å²) in [4.78, 5) is 19.2. The van der Waals surface area contributed by atoms with Crippen LogP contribution in [-0.4, -0.2) is 20.9 Å². The van der Waals surface area contributed by atoms with Crippen LogP contribution >= 0.6 is 23.2 Å². The van der Waals surface area contributed by atoms with E-state index in [1.807, 2.05) is 18.2 Å². The van der Waals surface area contributed by atoms with Crippen molar-refractivity contribution in [3.8, 4) is 5.88 Å². The van der Waals surface area contributed by atoms with Gasteiger partial charge in [-0.25, -0.2) is 4.79 Å². The number of H-pyrrole nitrogens is 1. The zero-order valence-electron chi connectivity index (χ0n) is 13.4. The van der Waals surface area contributed by atoms with Gasteiger partial charge < -0.3 is 10.1 Å². The number of benzene rings is 2. The second-order valence-electron chi connectivity index (χ2n) is 5.90. The molecule has 5 nitrogen and oxygen atoms in total. The fraction of sp³-hybridized carbons (Fsp3) is 0.0526. The van der Waals surface area contributed by atoms with Crippen molar-refractivity contribution in [2.45, 2.75) is 6.54 Å². The van der Waals surface area contributed by atoms with Crippen LogP contribution in [0.4, 0.5) is 5.69 Å². The van der Waals surface area contributed by atoms with Crippen LogP contribution in [0.25, 0.3) is 11.6 Å². The lowest BCUT2D eigenvalue weighted by atomic mass is 10.1. The molecule has 0 aliphatic carbocycles. The number of aromatic nitrogens is 2. The fourth-order valence-corrected chi connectivity index (χ4v) is 3.13. The summed E-state index contributed by atoms with van der Waals surface area (Å²) in [5.74, 6) is -0.131. The lowest BCUT2D eigenvalue weighted by Gasteiger charge is -2.04. The summed E-state index contributed by atoms with van der Waals surface area (Å²) in [5, 5.41) is 11.7. The largest absolute Gasteiger partial charge is 0.493 e. The van der Waals surface area contributed by atoms with E-state index in [0.717, 1.165) is 22.4 Å². The van der Waals surface area contributed by atoms with E-state index >= 15 is 0 Å². The van der Waals surface area contributed by atoms with E-state index in [-0.39, 0.29) is 12.4 Å². The van der Waals surface area contributed by atoms with Gasteiger partial charge in [0, 0.05) is 27.4 Å². The number of aliphatic imine (C=N–C) groups is 1. The summed E-state index contributed by atoms with van der Waals surface area (Å²) in [6.07, 6.45) is 3.37. The smallest absolute Gasteiger partial charge is 0.329 e. The number of halogens is 2. The molecule has 7 heteroatoms. The van der Waals surface area contributed by atoms with Crippen LogP contribution in [0.15, 0.2) is 52.3 Å². The van der Waals surface area contributed by atoms with E-state index in [9.17, 15) is 9.90 Å². The highest BCUT2D eigenvalue weighted by molar-refractivity contribution is 6.31. The second kappa shape index (κ2) is 6.52. The van der Waals surface area contributed by atoms with Crippen LogP contribution < -0.4 is 5.69 Å². The summed E-state index contributed by atoms with van der Waals surface area (Å²) >= 11 is 11.8. The third kappa shape index (κ3) is 3.07. The lowest BCUT2D eigenvalue weighted by Crippen LogP contribution is -2.17. The quantitative estimate of drug-likeness (QED) is 0.696. The maximum atomic E-state index is 12.2. The summed E-state index contributed by atoms with van der Waals surface area (Å²) in [6, 6.07) is 12.5. The summed E-state index contributed by atoms with van der Waals surface area (Å²) in [6.45, 7) is 0.238. The first kappa shape index (κ1) is 16.7. The Hall–Kier alpha value is -2.76. The highest BCUT2D eigenvalue weighted by atomic mass is 35.5. The van der Waals surface area contributed by atoms with E-state index in [1.165, 1.54) is 4.57 Å². The third-order valence-electron chi connectivity index (χ3n) is 4.15. The summed E-state index contributed by atoms with van der Waals surface area (Å²) < 4.78 is 1.27. The molecule has 2 N–H and O–H groups in total. The molecule has 0 saturated carbocycles. The number of hydrogen-bond acceptors (Lipinski definition) is 3. The molecule has 0 atom stereocenters. The zero-order chi connectivity index (χ0) is 18.3. The highest BCUT2D eigenvalue weighted by Crippen LogP contribution is 2.35. The van der Waals surface area contributed by atoms with E-state index in [2.05, 4.69) is 9.98 Å². The van der Waals surface area contributed by atoms with Crippen LogP contribution in [0.5, 0.6) is 5.88 Å². The number of rotatable bonds is 3. The fourth-order valence-electron chi connectivity index (χ4n) is 2.83. The van der Waals surface area contributed by atoms with Crippen molar-refractivity contribution in [1.29, 1.82) is 0 Å². The number of allylic oxidation sites excluding steroid dienone is 1. The minimum Gasteiger partial charge on any atom is -0.493 e. The molecule has 130 valence electrons. The standard InChI is InChI=1S/C19H13Cl2N3O2/c20-13-3-1-11(2-4-13)10-24-18(25)17(23-19(24)26)7-12-9-22-16-8-14(21)5-6-15(12)16/h1-9,25H,10H2,(H,23,26)/b12-7+. The molecule has 0 saturated heterocycles. The highest BCUT2D eigenvalue weighted by Gasteiger charge is 2.16. The van der Waals surface area contributed by atoms with Crippen molar-refractivity contribution < 1.29 is 5.11 Å². The number of aromatic hydroxyl groups is 1. The minimum absolute atomic E-state index is 0.131. The molecule has 0 amide bonds. The Bertz CT molecular complexity index is 1110. The van der Waals surface area contributed by atoms with Gasteiger partial charge in [0.15, 0.2) is 0 Å². The van der Waals surface area contributed by atoms with Crippen LogP contribution in [-0.2, 0) is 6.54 Å². The Labute approximate surface area is 158 Å². The molecule has 0 radical (unpaired) electrons. The minimum atomic E-state index is -0.393. The first-order valence-corrected chi connectivity index (χ1v) is 8.59. The molecule has 4 rings (SSSR count). The number of fused-ring (bicyclic) bond motifs is 1. The molecular weight excluding hydrogens is 373 g/mol. The number of nitrogens with zero attached hydrogens (tertiary/aromatic N) is 2. The molecule has 0 fully saturated rings. The maximum absolute atomic E-state index is 12.2. The molecule has 1 aliphatic heterocycles. The second-order valence-corrected chi connectivity index (χ2v) is 6.77. The predicted molar refractivity (Wildman–Crippen MR) is 105 cm³/mol. The third-order valence-corrected chi connectivity index (χ3v) is 4.64. The van der Waals surface area contributed by atoms with Gasteiger partial charge >= 0.3 is 5.69 Å². The molecule has 3 aromatic rings. The van der Waals surface area contributed by atoms with Crippen LogP contribution in [0.2, 0.25) is 10.0 Å². The lowest BCUT2D eigenvalue weighted by molar-refractivity contribution is 0.420. The molecule has 1 aromatic heterocycles. The van der Waals surface area contributed by atoms with Gasteiger partial charge in [0.25, 0.3) is 0 Å². The number of hydrogen-bond donors (Lipinski definition) is 2. The molecule has 0 bridgehead atoms. The molecule has 0 unspecified atom stereocenters. The topological polar surface area (TPSA) is 70.4 Å². The van der Waals surface area contributed by atoms with Crippen molar-refractivity contribution in [3.05, 3.63) is 79.8 Å². The average molecular weight is 386 g/mol.